The number of carbonyl (C=O) groups excluding carboxylic acids is 1. The Morgan fingerprint density at radius 1 is 1.29 bits per heavy atom. The van der Waals surface area contributed by atoms with Crippen molar-refractivity contribution in [1.29, 1.82) is 0 Å². The van der Waals surface area contributed by atoms with Crippen LogP contribution < -0.4 is 4.74 Å². The highest BCUT2D eigenvalue weighted by atomic mass is 79.9. The van der Waals surface area contributed by atoms with Gasteiger partial charge in [-0.15, -0.1) is 0 Å². The minimum Gasteiger partial charge on any atom is -0.482 e. The first kappa shape index (κ1) is 15.5. The Morgan fingerprint density at radius 3 is 2.67 bits per heavy atom. The fraction of sp³-hybridized carbons (Fsp3) is 0.0714. The largest absolute Gasteiger partial charge is 0.482 e. The molecule has 0 spiro atoms. The summed E-state index contributed by atoms with van der Waals surface area (Å²) in [6.07, 6.45) is 0.544. The third kappa shape index (κ3) is 3.80. The van der Waals surface area contributed by atoms with Gasteiger partial charge in [0.05, 0.1) is 4.92 Å². The summed E-state index contributed by atoms with van der Waals surface area (Å²) in [7, 11) is 0. The Balaban J connectivity index is 2.23. The lowest BCUT2D eigenvalue weighted by Crippen LogP contribution is -2.00. The maximum absolute atomic E-state index is 11.0. The third-order valence-electron chi connectivity index (χ3n) is 2.71. The summed E-state index contributed by atoms with van der Waals surface area (Å²) >= 11 is 9.35. The molecule has 21 heavy (non-hydrogen) atoms. The molecule has 0 saturated heterocycles. The summed E-state index contributed by atoms with van der Waals surface area (Å²) in [5.41, 5.74) is 0.664. The summed E-state index contributed by atoms with van der Waals surface area (Å²) in [4.78, 5) is 21.1. The molecule has 0 aliphatic heterocycles. The van der Waals surface area contributed by atoms with Crippen molar-refractivity contribution in [2.75, 3.05) is 0 Å². The molecule has 0 bridgehead atoms. The van der Waals surface area contributed by atoms with Crippen LogP contribution in [-0.2, 0) is 6.61 Å². The summed E-state index contributed by atoms with van der Waals surface area (Å²) < 4.78 is 6.28. The van der Waals surface area contributed by atoms with Gasteiger partial charge in [0.25, 0.3) is 0 Å². The molecule has 0 amide bonds. The second-order valence-corrected chi connectivity index (χ2v) is 5.45. The van der Waals surface area contributed by atoms with Gasteiger partial charge in [0.15, 0.2) is 5.75 Å². The highest BCUT2D eigenvalue weighted by Gasteiger charge is 2.16. The van der Waals surface area contributed by atoms with Gasteiger partial charge in [-0.1, -0.05) is 33.6 Å². The van der Waals surface area contributed by atoms with Crippen molar-refractivity contribution in [3.63, 3.8) is 0 Å². The van der Waals surface area contributed by atoms with E-state index in [0.29, 0.717) is 16.9 Å². The molecule has 0 heterocycles. The zero-order chi connectivity index (χ0) is 15.4. The zero-order valence-electron chi connectivity index (χ0n) is 10.6. The maximum atomic E-state index is 11.0. The second-order valence-electron chi connectivity index (χ2n) is 4.13. The first-order valence-corrected chi connectivity index (χ1v) is 6.98. The first-order chi connectivity index (χ1) is 10.0. The molecular formula is C14H9BrClNO4. The van der Waals surface area contributed by atoms with Crippen LogP contribution in [0.3, 0.4) is 0 Å². The zero-order valence-corrected chi connectivity index (χ0v) is 12.9. The van der Waals surface area contributed by atoms with Crippen LogP contribution in [0.2, 0.25) is 5.02 Å². The lowest BCUT2D eigenvalue weighted by Gasteiger charge is -2.08. The molecule has 0 saturated carbocycles. The summed E-state index contributed by atoms with van der Waals surface area (Å²) in [5, 5.41) is 11.5. The Bertz CT molecular complexity index is 705. The number of hydrogen-bond acceptors (Lipinski definition) is 4. The average molecular weight is 371 g/mol. The van der Waals surface area contributed by atoms with Gasteiger partial charge in [0, 0.05) is 26.7 Å². The molecule has 0 aliphatic carbocycles. The van der Waals surface area contributed by atoms with E-state index in [2.05, 4.69) is 15.9 Å². The van der Waals surface area contributed by atoms with E-state index in [-0.39, 0.29) is 23.6 Å². The van der Waals surface area contributed by atoms with Crippen LogP contribution in [0.4, 0.5) is 5.69 Å². The van der Waals surface area contributed by atoms with E-state index < -0.39 is 4.92 Å². The molecule has 0 atom stereocenters. The van der Waals surface area contributed by atoms with Crippen molar-refractivity contribution < 1.29 is 14.5 Å². The predicted octanol–water partition coefficient (Wildman–Crippen LogP) is 4.40. The van der Waals surface area contributed by atoms with Crippen LogP contribution in [0.15, 0.2) is 40.9 Å². The number of nitro benzene ring substituents is 1. The fourth-order valence-corrected chi connectivity index (χ4v) is 2.39. The van der Waals surface area contributed by atoms with E-state index in [1.165, 1.54) is 18.2 Å². The van der Waals surface area contributed by atoms with Crippen LogP contribution >= 0.6 is 27.5 Å². The molecule has 2 aromatic rings. The Morgan fingerprint density at radius 2 is 2.05 bits per heavy atom. The topological polar surface area (TPSA) is 69.4 Å². The average Bonchev–Trinajstić information content (AvgIpc) is 2.46. The van der Waals surface area contributed by atoms with Gasteiger partial charge in [-0.2, -0.15) is 0 Å². The molecule has 5 nitrogen and oxygen atoms in total. The monoisotopic (exact) mass is 369 g/mol. The number of nitro groups is 1. The Labute approximate surface area is 133 Å². The van der Waals surface area contributed by atoms with Gasteiger partial charge >= 0.3 is 5.69 Å². The van der Waals surface area contributed by atoms with Gasteiger partial charge in [0.2, 0.25) is 0 Å². The molecule has 108 valence electrons. The normalized spacial score (nSPS) is 10.2. The number of benzene rings is 2. The molecule has 0 aliphatic rings. The van der Waals surface area contributed by atoms with Gasteiger partial charge < -0.3 is 4.74 Å². The molecule has 0 fully saturated rings. The molecule has 2 rings (SSSR count). The highest BCUT2D eigenvalue weighted by molar-refractivity contribution is 9.10. The van der Waals surface area contributed by atoms with Crippen LogP contribution in [0, 0.1) is 10.1 Å². The minimum absolute atomic E-state index is 0.0876. The lowest BCUT2D eigenvalue weighted by atomic mass is 10.2. The molecule has 0 unspecified atom stereocenters. The summed E-state index contributed by atoms with van der Waals surface area (Å²) in [6.45, 7) is 0.0907. The molecule has 0 N–H and O–H groups in total. The van der Waals surface area contributed by atoms with E-state index in [9.17, 15) is 14.9 Å². The van der Waals surface area contributed by atoms with Gasteiger partial charge in [-0.3, -0.25) is 14.9 Å². The summed E-state index contributed by atoms with van der Waals surface area (Å²) in [6, 6.07) is 9.30. The minimum atomic E-state index is -0.592. The number of rotatable bonds is 5. The van der Waals surface area contributed by atoms with Gasteiger partial charge in [-0.05, 0) is 24.3 Å². The second kappa shape index (κ2) is 6.69. The molecular weight excluding hydrogens is 362 g/mol. The van der Waals surface area contributed by atoms with Crippen molar-refractivity contribution in [1.82, 2.24) is 0 Å². The van der Waals surface area contributed by atoms with Crippen molar-refractivity contribution in [2.45, 2.75) is 6.61 Å². The first-order valence-electron chi connectivity index (χ1n) is 5.81. The van der Waals surface area contributed by atoms with Crippen LogP contribution in [-0.4, -0.2) is 11.2 Å². The quantitative estimate of drug-likeness (QED) is 0.444. The third-order valence-corrected chi connectivity index (χ3v) is 3.56. The molecule has 0 aromatic heterocycles. The number of halogens is 2. The van der Waals surface area contributed by atoms with Crippen molar-refractivity contribution in [3.05, 3.63) is 67.1 Å². The number of ether oxygens (including phenoxy) is 1. The fourth-order valence-electron chi connectivity index (χ4n) is 1.67. The van der Waals surface area contributed by atoms with Gasteiger partial charge in [0.1, 0.15) is 12.9 Å². The van der Waals surface area contributed by atoms with Crippen molar-refractivity contribution in [2.24, 2.45) is 0 Å². The van der Waals surface area contributed by atoms with E-state index in [1.54, 1.807) is 18.2 Å². The Hall–Kier alpha value is -1.92. The molecule has 7 heteroatoms. The lowest BCUT2D eigenvalue weighted by molar-refractivity contribution is -0.386. The number of aldehydes is 1. The summed E-state index contributed by atoms with van der Waals surface area (Å²) in [5.74, 6) is 0.0876. The number of hydrogen-bond donors (Lipinski definition) is 0. The van der Waals surface area contributed by atoms with Crippen LogP contribution in [0.25, 0.3) is 0 Å². The highest BCUT2D eigenvalue weighted by Crippen LogP contribution is 2.29. The van der Waals surface area contributed by atoms with E-state index >= 15 is 0 Å². The van der Waals surface area contributed by atoms with E-state index in [0.717, 1.165) is 4.47 Å². The van der Waals surface area contributed by atoms with E-state index in [1.807, 2.05) is 0 Å². The van der Waals surface area contributed by atoms with Crippen LogP contribution in [0.5, 0.6) is 5.75 Å². The Kier molecular flexibility index (Phi) is 4.93. The maximum Gasteiger partial charge on any atom is 0.311 e. The standard InChI is InChI=1S/C14H9BrClNO4/c15-11-3-2-10(12(16)6-11)8-21-14-4-1-9(7-18)5-13(14)17(19)20/h1-7H,8H2. The smallest absolute Gasteiger partial charge is 0.311 e. The van der Waals surface area contributed by atoms with Crippen molar-refractivity contribution >= 4 is 39.5 Å². The molecule has 2 aromatic carbocycles. The SMILES string of the molecule is O=Cc1ccc(OCc2ccc(Br)cc2Cl)c([N+](=O)[O-])c1. The van der Waals surface area contributed by atoms with Crippen molar-refractivity contribution in [3.8, 4) is 5.75 Å². The predicted molar refractivity (Wildman–Crippen MR) is 82.0 cm³/mol. The van der Waals surface area contributed by atoms with Crippen LogP contribution in [0.1, 0.15) is 15.9 Å². The van der Waals surface area contributed by atoms with Gasteiger partial charge in [-0.25, -0.2) is 0 Å². The van der Waals surface area contributed by atoms with E-state index in [4.69, 9.17) is 16.3 Å². The number of carbonyl (C=O) groups is 1. The molecule has 0 radical (unpaired) electrons. The number of nitrogens with zero attached hydrogens (tertiary/aromatic N) is 1.